The molecular formula is C20H23N5O3. The van der Waals surface area contributed by atoms with Gasteiger partial charge in [0.25, 0.3) is 11.8 Å². The predicted molar refractivity (Wildman–Crippen MR) is 107 cm³/mol. The lowest BCUT2D eigenvalue weighted by molar-refractivity contribution is 0.0940. The summed E-state index contributed by atoms with van der Waals surface area (Å²) in [5.41, 5.74) is 1.32. The molecule has 3 rings (SSSR count). The second-order valence-electron chi connectivity index (χ2n) is 6.49. The quantitative estimate of drug-likeness (QED) is 0.653. The highest BCUT2D eigenvalue weighted by molar-refractivity contribution is 6.09. The number of nitrogens with zero attached hydrogens (tertiary/aromatic N) is 3. The first-order valence-electron chi connectivity index (χ1n) is 8.85. The SMILES string of the molecule is COc1cccc(NC(=O)c2nc(C(=O)NCCN(C)C)n3ccccc23)c1. The summed E-state index contributed by atoms with van der Waals surface area (Å²) in [5.74, 6) is 0.0754. The van der Waals surface area contributed by atoms with Crippen molar-refractivity contribution in [3.8, 4) is 5.75 Å². The molecule has 0 aliphatic carbocycles. The monoisotopic (exact) mass is 381 g/mol. The number of ether oxygens (including phenoxy) is 1. The van der Waals surface area contributed by atoms with Gasteiger partial charge in [-0.25, -0.2) is 4.98 Å². The Kier molecular flexibility index (Phi) is 5.90. The second-order valence-corrected chi connectivity index (χ2v) is 6.49. The Hall–Kier alpha value is -3.39. The highest BCUT2D eigenvalue weighted by atomic mass is 16.5. The zero-order valence-electron chi connectivity index (χ0n) is 16.1. The Morgan fingerprint density at radius 1 is 1.14 bits per heavy atom. The largest absolute Gasteiger partial charge is 0.497 e. The fraction of sp³-hybridized carbons (Fsp3) is 0.250. The van der Waals surface area contributed by atoms with E-state index < -0.39 is 5.91 Å². The van der Waals surface area contributed by atoms with E-state index in [4.69, 9.17) is 4.74 Å². The fourth-order valence-electron chi connectivity index (χ4n) is 2.73. The Morgan fingerprint density at radius 2 is 1.96 bits per heavy atom. The number of likely N-dealkylation sites (N-methyl/N-ethyl adjacent to an activating group) is 1. The number of amides is 2. The molecular weight excluding hydrogens is 358 g/mol. The Morgan fingerprint density at radius 3 is 2.71 bits per heavy atom. The van der Waals surface area contributed by atoms with Crippen LogP contribution in [0.3, 0.4) is 0 Å². The number of rotatable bonds is 7. The topological polar surface area (TPSA) is 88.0 Å². The number of imidazole rings is 1. The molecule has 0 aliphatic heterocycles. The fourth-order valence-corrected chi connectivity index (χ4v) is 2.73. The van der Waals surface area contributed by atoms with Crippen LogP contribution in [0.15, 0.2) is 48.7 Å². The summed E-state index contributed by atoms with van der Waals surface area (Å²) in [6, 6.07) is 12.4. The maximum atomic E-state index is 12.8. The smallest absolute Gasteiger partial charge is 0.287 e. The molecule has 2 amide bonds. The first-order chi connectivity index (χ1) is 13.5. The van der Waals surface area contributed by atoms with Crippen molar-refractivity contribution in [2.24, 2.45) is 0 Å². The molecule has 8 nitrogen and oxygen atoms in total. The lowest BCUT2D eigenvalue weighted by Crippen LogP contribution is -2.32. The number of benzene rings is 1. The molecule has 2 aromatic heterocycles. The molecule has 28 heavy (non-hydrogen) atoms. The molecule has 1 aromatic carbocycles. The standard InChI is InChI=1S/C20H23N5O3/c1-24(2)12-10-21-20(27)18-23-17(16-9-4-5-11-25(16)18)19(26)22-14-7-6-8-15(13-14)28-3/h4-9,11,13H,10,12H2,1-3H3,(H,21,27)(H,22,26). The molecule has 8 heteroatoms. The van der Waals surface area contributed by atoms with Gasteiger partial charge < -0.3 is 20.3 Å². The third-order valence-electron chi connectivity index (χ3n) is 4.14. The van der Waals surface area contributed by atoms with Gasteiger partial charge in [0.1, 0.15) is 5.75 Å². The molecule has 0 aliphatic rings. The number of methoxy groups -OCH3 is 1. The minimum atomic E-state index is -0.399. The Bertz CT molecular complexity index is 996. The average molecular weight is 381 g/mol. The number of pyridine rings is 1. The van der Waals surface area contributed by atoms with E-state index in [-0.39, 0.29) is 17.4 Å². The van der Waals surface area contributed by atoms with Crippen molar-refractivity contribution in [3.63, 3.8) is 0 Å². The molecule has 0 bridgehead atoms. The molecule has 146 valence electrons. The highest BCUT2D eigenvalue weighted by Gasteiger charge is 2.21. The van der Waals surface area contributed by atoms with Gasteiger partial charge in [0.15, 0.2) is 5.69 Å². The van der Waals surface area contributed by atoms with Crippen LogP contribution in [0.5, 0.6) is 5.75 Å². The third kappa shape index (κ3) is 4.29. The van der Waals surface area contributed by atoms with Crippen molar-refractivity contribution in [1.29, 1.82) is 0 Å². The number of fused-ring (bicyclic) bond motifs is 1. The predicted octanol–water partition coefficient (Wildman–Crippen LogP) is 1.89. The number of hydrogen-bond acceptors (Lipinski definition) is 5. The first kappa shape index (κ1) is 19.4. The molecule has 0 atom stereocenters. The van der Waals surface area contributed by atoms with E-state index in [1.807, 2.05) is 19.0 Å². The van der Waals surface area contributed by atoms with Gasteiger partial charge in [-0.1, -0.05) is 12.1 Å². The number of carbonyl (C=O) groups excluding carboxylic acids is 2. The van der Waals surface area contributed by atoms with Crippen LogP contribution in [0.1, 0.15) is 21.1 Å². The Balaban J connectivity index is 1.86. The number of hydrogen-bond donors (Lipinski definition) is 2. The summed E-state index contributed by atoms with van der Waals surface area (Å²) in [5, 5.41) is 5.63. The average Bonchev–Trinajstić information content (AvgIpc) is 3.08. The van der Waals surface area contributed by atoms with Crippen LogP contribution in [-0.2, 0) is 0 Å². The maximum absolute atomic E-state index is 12.8. The van der Waals surface area contributed by atoms with Gasteiger partial charge in [0, 0.05) is 31.0 Å². The van der Waals surface area contributed by atoms with Gasteiger partial charge in [-0.15, -0.1) is 0 Å². The summed E-state index contributed by atoms with van der Waals surface area (Å²) in [4.78, 5) is 31.6. The van der Waals surface area contributed by atoms with E-state index in [1.165, 1.54) is 0 Å². The van der Waals surface area contributed by atoms with Crippen molar-refractivity contribution < 1.29 is 14.3 Å². The van der Waals surface area contributed by atoms with Crippen LogP contribution in [0.2, 0.25) is 0 Å². The molecule has 2 heterocycles. The van der Waals surface area contributed by atoms with Crippen LogP contribution in [0.25, 0.3) is 5.52 Å². The molecule has 0 unspecified atom stereocenters. The lowest BCUT2D eigenvalue weighted by Gasteiger charge is -2.09. The minimum Gasteiger partial charge on any atom is -0.497 e. The first-order valence-corrected chi connectivity index (χ1v) is 8.85. The van der Waals surface area contributed by atoms with Gasteiger partial charge in [-0.2, -0.15) is 0 Å². The lowest BCUT2D eigenvalue weighted by atomic mass is 10.2. The van der Waals surface area contributed by atoms with E-state index in [0.717, 1.165) is 0 Å². The van der Waals surface area contributed by atoms with E-state index >= 15 is 0 Å². The van der Waals surface area contributed by atoms with E-state index in [2.05, 4.69) is 15.6 Å². The van der Waals surface area contributed by atoms with Crippen LogP contribution in [0.4, 0.5) is 5.69 Å². The molecule has 3 aromatic rings. The molecule has 0 saturated heterocycles. The normalized spacial score (nSPS) is 10.9. The van der Waals surface area contributed by atoms with Gasteiger partial charge in [0.05, 0.1) is 12.6 Å². The van der Waals surface area contributed by atoms with Crippen LogP contribution >= 0.6 is 0 Å². The molecule has 2 N–H and O–H groups in total. The van der Waals surface area contributed by atoms with Crippen LogP contribution in [-0.4, -0.2) is 60.4 Å². The maximum Gasteiger partial charge on any atom is 0.287 e. The van der Waals surface area contributed by atoms with Crippen molar-refractivity contribution in [1.82, 2.24) is 19.6 Å². The van der Waals surface area contributed by atoms with Crippen molar-refractivity contribution in [2.45, 2.75) is 0 Å². The molecule has 0 saturated carbocycles. The van der Waals surface area contributed by atoms with Gasteiger partial charge >= 0.3 is 0 Å². The van der Waals surface area contributed by atoms with E-state index in [9.17, 15) is 9.59 Å². The number of nitrogens with one attached hydrogen (secondary N) is 2. The number of anilines is 1. The third-order valence-corrected chi connectivity index (χ3v) is 4.14. The van der Waals surface area contributed by atoms with E-state index in [1.54, 1.807) is 60.2 Å². The second kappa shape index (κ2) is 8.53. The number of carbonyl (C=O) groups is 2. The van der Waals surface area contributed by atoms with Crippen molar-refractivity contribution >= 4 is 23.0 Å². The molecule has 0 radical (unpaired) electrons. The summed E-state index contributed by atoms with van der Waals surface area (Å²) in [6.45, 7) is 1.19. The minimum absolute atomic E-state index is 0.171. The zero-order chi connectivity index (χ0) is 20.1. The van der Waals surface area contributed by atoms with Crippen molar-refractivity contribution in [3.05, 3.63) is 60.2 Å². The zero-order valence-corrected chi connectivity index (χ0v) is 16.1. The molecule has 0 fully saturated rings. The summed E-state index contributed by atoms with van der Waals surface area (Å²) >= 11 is 0. The summed E-state index contributed by atoms with van der Waals surface area (Å²) in [7, 11) is 5.42. The van der Waals surface area contributed by atoms with E-state index in [0.29, 0.717) is 30.0 Å². The van der Waals surface area contributed by atoms with Gasteiger partial charge in [-0.3, -0.25) is 14.0 Å². The highest BCUT2D eigenvalue weighted by Crippen LogP contribution is 2.19. The number of aromatic nitrogens is 2. The van der Waals surface area contributed by atoms with Crippen molar-refractivity contribution in [2.75, 3.05) is 39.6 Å². The van der Waals surface area contributed by atoms with Crippen LogP contribution in [0, 0.1) is 0 Å². The Labute approximate surface area is 163 Å². The summed E-state index contributed by atoms with van der Waals surface area (Å²) in [6.07, 6.45) is 1.71. The van der Waals surface area contributed by atoms with Crippen LogP contribution < -0.4 is 15.4 Å². The van der Waals surface area contributed by atoms with Gasteiger partial charge in [0.2, 0.25) is 5.82 Å². The van der Waals surface area contributed by atoms with Gasteiger partial charge in [-0.05, 0) is 38.4 Å². The summed E-state index contributed by atoms with van der Waals surface area (Å²) < 4.78 is 6.79. The molecule has 0 spiro atoms.